The van der Waals surface area contributed by atoms with Crippen LogP contribution in [0, 0.1) is 47.5 Å². The predicted molar refractivity (Wildman–Crippen MR) is 159 cm³/mol. The van der Waals surface area contributed by atoms with Gasteiger partial charge in [0.2, 0.25) is 0 Å². The van der Waals surface area contributed by atoms with Gasteiger partial charge in [0.05, 0.1) is 0 Å². The van der Waals surface area contributed by atoms with Gasteiger partial charge in [-0.3, -0.25) is 4.98 Å². The molecule has 0 bridgehead atoms. The van der Waals surface area contributed by atoms with Crippen molar-refractivity contribution in [2.45, 2.75) is 94.7 Å². The Hall–Kier alpha value is 0.785. The fourth-order valence-corrected chi connectivity index (χ4v) is 4.24. The monoisotopic (exact) mass is 718 g/mol. The molecule has 0 amide bonds. The van der Waals surface area contributed by atoms with Crippen LogP contribution in [0.5, 0.6) is 0 Å². The van der Waals surface area contributed by atoms with Crippen molar-refractivity contribution in [1.29, 1.82) is 0 Å². The van der Waals surface area contributed by atoms with Crippen LogP contribution in [0.4, 0.5) is 0 Å². The number of halogens is 2. The third kappa shape index (κ3) is 18.6. The number of rotatable bonds is 0. The summed E-state index contributed by atoms with van der Waals surface area (Å²) in [5.41, 5.74) is 7.48. The molecule has 3 nitrogen and oxygen atoms in total. The van der Waals surface area contributed by atoms with E-state index in [2.05, 4.69) is 124 Å². The van der Waals surface area contributed by atoms with Crippen LogP contribution in [0.3, 0.4) is 0 Å². The number of aromatic nitrogens is 2. The Bertz CT molecular complexity index is 727. The number of hydrogen-bond acceptors (Lipinski definition) is 2. The van der Waals surface area contributed by atoms with Gasteiger partial charge in [-0.05, 0) is 95.5 Å². The Morgan fingerprint density at radius 1 is 0.829 bits per heavy atom. The van der Waals surface area contributed by atoms with E-state index in [1.807, 2.05) is 18.8 Å². The Labute approximate surface area is 275 Å². The zero-order chi connectivity index (χ0) is 24.3. The predicted octanol–water partition coefficient (Wildman–Crippen LogP) is 0.995. The zero-order valence-corrected chi connectivity index (χ0v) is 30.4. The van der Waals surface area contributed by atoms with E-state index in [1.165, 1.54) is 35.4 Å². The van der Waals surface area contributed by atoms with Gasteiger partial charge in [-0.2, -0.15) is 0 Å². The molecule has 2 unspecified atom stereocenters. The van der Waals surface area contributed by atoms with Crippen molar-refractivity contribution in [3.05, 3.63) is 58.2 Å². The maximum atomic E-state index is 4.23. The van der Waals surface area contributed by atoms with E-state index in [0.29, 0.717) is 0 Å². The molecular weight excluding hydrogens is 666 g/mol. The van der Waals surface area contributed by atoms with Crippen LogP contribution < -0.4 is 58.1 Å². The van der Waals surface area contributed by atoms with E-state index < -0.39 is 0 Å². The molecule has 3 radical (unpaired) electrons. The quantitative estimate of drug-likeness (QED) is 0.176. The van der Waals surface area contributed by atoms with Gasteiger partial charge in [0.1, 0.15) is 7.05 Å². The second kappa shape index (κ2) is 23.9. The first-order valence-electron chi connectivity index (χ1n) is 11.4. The number of alkyl halides is 1. The summed E-state index contributed by atoms with van der Waals surface area (Å²) in [4.78, 5) is 8.69. The van der Waals surface area contributed by atoms with E-state index in [0.717, 1.165) is 29.4 Å². The van der Waals surface area contributed by atoms with E-state index in [1.54, 1.807) is 0 Å². The minimum Gasteiger partial charge on any atom is -1.00 e. The van der Waals surface area contributed by atoms with Gasteiger partial charge >= 0.3 is 29.6 Å². The zero-order valence-electron chi connectivity index (χ0n) is 25.1. The van der Waals surface area contributed by atoms with Crippen LogP contribution in [0.1, 0.15) is 76.4 Å². The second-order valence-corrected chi connectivity index (χ2v) is 9.24. The molecule has 1 aliphatic heterocycles. The van der Waals surface area contributed by atoms with Crippen LogP contribution in [0.25, 0.3) is 0 Å². The molecule has 7 heteroatoms. The minimum atomic E-state index is 0. The molecule has 2 aromatic heterocycles. The smallest absolute Gasteiger partial charge is 1.00 e. The number of nitrogens with zero attached hydrogens (tertiary/aromatic N) is 3. The van der Waals surface area contributed by atoms with E-state index >= 15 is 0 Å². The Balaban J connectivity index is -0.0000000849. The number of likely N-dealkylation sites (tertiary alicyclic amines) is 1. The third-order valence-electron chi connectivity index (χ3n) is 6.03. The molecule has 3 rings (SSSR count). The van der Waals surface area contributed by atoms with Crippen molar-refractivity contribution < 1.29 is 59.5 Å². The van der Waals surface area contributed by atoms with Gasteiger partial charge in [0, 0.05) is 57.9 Å². The molecule has 2 aromatic rings. The Kier molecular flexibility index (Phi) is 31.2. The molecule has 3 heterocycles. The van der Waals surface area contributed by atoms with Crippen molar-refractivity contribution in [3.63, 3.8) is 0 Å². The molecule has 1 saturated heterocycles. The number of piperidine rings is 1. The maximum absolute atomic E-state index is 4.23. The topological polar surface area (TPSA) is 20.0 Å². The number of pyridine rings is 2. The molecule has 0 N–H and O–H groups in total. The second-order valence-electron chi connectivity index (χ2n) is 9.24. The fraction of sp³-hybridized carbons (Fsp3) is 0.643. The summed E-state index contributed by atoms with van der Waals surface area (Å²) in [7, 11) is 4.32. The number of hydrogen-bond donors (Lipinski definition) is 0. The van der Waals surface area contributed by atoms with Crippen LogP contribution in [0.2, 0.25) is 0 Å². The molecular formula is C28H52BI2N3Na. The van der Waals surface area contributed by atoms with Crippen molar-refractivity contribution in [2.75, 3.05) is 12.0 Å². The molecule has 0 saturated carbocycles. The first kappa shape index (κ1) is 45.7. The average molecular weight is 718 g/mol. The molecule has 2 atom stereocenters. The molecule has 0 spiro atoms. The summed E-state index contributed by atoms with van der Waals surface area (Å²) in [5.74, 6) is 0.932. The first-order valence-corrected chi connectivity index (χ1v) is 13.5. The molecule has 0 aromatic carbocycles. The Morgan fingerprint density at radius 2 is 1.14 bits per heavy atom. The van der Waals surface area contributed by atoms with E-state index in [-0.39, 0.29) is 70.8 Å². The standard InChI is InChI=1S/C9H19N.C9H14N.C8H11N.CH3I.CH4.B.HI.Na.H/c2*1-7-5-8(2)10(4)9(3)6-7;1-6-4-7(2)9-8(3)5-6;1-2;;;;;/h7-9H,5-6H2,1-4H3;5-6H,1-4H3;4-5H,1-3H3;1H3;1H4;;1H;;/q;+1;;;;;;+1;-1/p-1. The molecule has 1 fully saturated rings. The van der Waals surface area contributed by atoms with Gasteiger partial charge in [0.15, 0.2) is 11.4 Å². The fourth-order valence-electron chi connectivity index (χ4n) is 4.24. The van der Waals surface area contributed by atoms with Gasteiger partial charge in [-0.1, -0.05) is 36.9 Å². The molecule has 35 heavy (non-hydrogen) atoms. The van der Waals surface area contributed by atoms with Crippen molar-refractivity contribution in [1.82, 2.24) is 9.88 Å². The molecule has 1 aliphatic rings. The molecule has 0 aliphatic carbocycles. The first-order chi connectivity index (χ1) is 14.4. The van der Waals surface area contributed by atoms with Gasteiger partial charge in [-0.25, -0.2) is 4.57 Å². The maximum Gasteiger partial charge on any atom is 1.00 e. The summed E-state index contributed by atoms with van der Waals surface area (Å²) in [6, 6.07) is 10.1. The Morgan fingerprint density at radius 3 is 1.46 bits per heavy atom. The van der Waals surface area contributed by atoms with Crippen molar-refractivity contribution in [2.24, 2.45) is 13.0 Å². The summed E-state index contributed by atoms with van der Waals surface area (Å²) >= 11 is 2.15. The van der Waals surface area contributed by atoms with Gasteiger partial charge in [-0.15, -0.1) is 0 Å². The normalized spacial score (nSPS) is 18.0. The summed E-state index contributed by atoms with van der Waals surface area (Å²) in [6.45, 7) is 19.5. The van der Waals surface area contributed by atoms with Crippen LogP contribution in [-0.2, 0) is 7.05 Å². The van der Waals surface area contributed by atoms with Gasteiger partial charge < -0.3 is 30.3 Å². The third-order valence-corrected chi connectivity index (χ3v) is 6.03. The van der Waals surface area contributed by atoms with Crippen LogP contribution in [-0.4, -0.2) is 42.4 Å². The van der Waals surface area contributed by atoms with Crippen LogP contribution >= 0.6 is 22.6 Å². The SMILES string of the molecule is C.CC1CC(C)N(C)C(C)C1.CI.Cc1cc(C)[n+](C)c(C)c1.Cc1cc(C)nc(C)c1.[B].[H-].[I-].[Na+]. The van der Waals surface area contributed by atoms with Gasteiger partial charge in [0.25, 0.3) is 0 Å². The van der Waals surface area contributed by atoms with Crippen molar-refractivity contribution in [3.8, 4) is 0 Å². The van der Waals surface area contributed by atoms with E-state index in [4.69, 9.17) is 0 Å². The summed E-state index contributed by atoms with van der Waals surface area (Å²) < 4.78 is 2.19. The van der Waals surface area contributed by atoms with Crippen LogP contribution in [0.15, 0.2) is 24.3 Å². The summed E-state index contributed by atoms with van der Waals surface area (Å²) in [6.07, 6.45) is 2.75. The van der Waals surface area contributed by atoms with E-state index in [9.17, 15) is 0 Å². The molecule has 197 valence electrons. The summed E-state index contributed by atoms with van der Waals surface area (Å²) in [5, 5.41) is 0. The number of aryl methyl sites for hydroxylation is 6. The minimum absolute atomic E-state index is 0. The average Bonchev–Trinajstić information content (AvgIpc) is 2.65. The largest absolute Gasteiger partial charge is 1.00 e. The van der Waals surface area contributed by atoms with Crippen molar-refractivity contribution >= 4 is 31.0 Å².